The first-order valence-corrected chi connectivity index (χ1v) is 10.3. The summed E-state index contributed by atoms with van der Waals surface area (Å²) in [5.41, 5.74) is 5.26. The van der Waals surface area contributed by atoms with Crippen molar-refractivity contribution < 1.29 is 4.52 Å². The Morgan fingerprint density at radius 1 is 1.17 bits per heavy atom. The topological polar surface area (TPSA) is 51.3 Å². The van der Waals surface area contributed by atoms with E-state index < -0.39 is 0 Å². The lowest BCUT2D eigenvalue weighted by Gasteiger charge is -2.06. The van der Waals surface area contributed by atoms with Crippen LogP contribution in [0.3, 0.4) is 0 Å². The van der Waals surface area contributed by atoms with E-state index in [4.69, 9.17) is 16.1 Å². The number of rotatable bonds is 5. The van der Waals surface area contributed by atoms with Gasteiger partial charge >= 0.3 is 0 Å². The van der Waals surface area contributed by atoms with Crippen molar-refractivity contribution in [2.45, 2.75) is 54.4 Å². The van der Waals surface area contributed by atoms with Crippen LogP contribution in [0, 0.1) is 26.7 Å². The van der Waals surface area contributed by atoms with Gasteiger partial charge in [-0.15, -0.1) is 0 Å². The monoisotopic (exact) mass is 411 g/mol. The Kier molecular flexibility index (Phi) is 8.59. The molecule has 0 radical (unpaired) electrons. The van der Waals surface area contributed by atoms with Crippen LogP contribution in [0.15, 0.2) is 52.1 Å². The molecule has 29 heavy (non-hydrogen) atoms. The van der Waals surface area contributed by atoms with Crippen molar-refractivity contribution in [3.05, 3.63) is 65.2 Å². The van der Waals surface area contributed by atoms with Crippen LogP contribution < -0.4 is 0 Å². The van der Waals surface area contributed by atoms with Crippen LogP contribution >= 0.6 is 11.6 Å². The molecule has 0 unspecified atom stereocenters. The molecule has 0 amide bonds. The van der Waals surface area contributed by atoms with E-state index in [-0.39, 0.29) is 0 Å². The maximum atomic E-state index is 5.76. The number of aliphatic imine (C=N–C) groups is 1. The van der Waals surface area contributed by atoms with Crippen LogP contribution in [0.25, 0.3) is 11.1 Å². The zero-order valence-corrected chi connectivity index (χ0v) is 18.9. The fourth-order valence-corrected chi connectivity index (χ4v) is 3.10. The predicted octanol–water partition coefficient (Wildman–Crippen LogP) is 7.23. The van der Waals surface area contributed by atoms with Gasteiger partial charge in [0.15, 0.2) is 5.82 Å². The van der Waals surface area contributed by atoms with E-state index in [9.17, 15) is 0 Å². The Balaban J connectivity index is 0.000000234. The summed E-state index contributed by atoms with van der Waals surface area (Å²) >= 11 is 5.76. The van der Waals surface area contributed by atoms with Crippen molar-refractivity contribution in [3.63, 3.8) is 0 Å². The molecule has 1 atom stereocenters. The van der Waals surface area contributed by atoms with Gasteiger partial charge in [0.2, 0.25) is 0 Å². The van der Waals surface area contributed by atoms with Crippen LogP contribution in [0.2, 0.25) is 0 Å². The van der Waals surface area contributed by atoms with Crippen molar-refractivity contribution in [1.82, 2.24) is 10.1 Å². The SMILES string of the molecule is CC(Cl)=Nc1ncc(-c2c(C)noc2C)cc1C.CC[C@@H](C)Cc1ccccc1. The minimum Gasteiger partial charge on any atom is -0.361 e. The van der Waals surface area contributed by atoms with Crippen molar-refractivity contribution in [3.8, 4) is 11.1 Å². The van der Waals surface area contributed by atoms with E-state index in [2.05, 4.69) is 59.3 Å². The summed E-state index contributed by atoms with van der Waals surface area (Å²) in [6.07, 6.45) is 4.25. The molecule has 0 N–H and O–H groups in total. The number of pyridine rings is 1. The molecule has 0 saturated carbocycles. The third-order valence-electron chi connectivity index (χ3n) is 4.76. The summed E-state index contributed by atoms with van der Waals surface area (Å²) in [5, 5.41) is 4.41. The van der Waals surface area contributed by atoms with Gasteiger partial charge in [-0.2, -0.15) is 0 Å². The van der Waals surface area contributed by atoms with Gasteiger partial charge in [0.1, 0.15) is 10.9 Å². The van der Waals surface area contributed by atoms with Gasteiger partial charge in [-0.25, -0.2) is 9.98 Å². The van der Waals surface area contributed by atoms with Crippen molar-refractivity contribution in [2.24, 2.45) is 10.9 Å². The zero-order valence-electron chi connectivity index (χ0n) is 18.2. The highest BCUT2D eigenvalue weighted by Gasteiger charge is 2.13. The number of aromatic nitrogens is 2. The van der Waals surface area contributed by atoms with Crippen molar-refractivity contribution in [2.75, 3.05) is 0 Å². The molecule has 3 aromatic rings. The first-order valence-electron chi connectivity index (χ1n) is 9.96. The summed E-state index contributed by atoms with van der Waals surface area (Å²) < 4.78 is 5.16. The molecule has 5 heteroatoms. The molecule has 2 heterocycles. The summed E-state index contributed by atoms with van der Waals surface area (Å²) in [4.78, 5) is 8.47. The Labute approximate surface area is 179 Å². The molecule has 0 saturated heterocycles. The summed E-state index contributed by atoms with van der Waals surface area (Å²) in [7, 11) is 0. The average Bonchev–Trinajstić information content (AvgIpc) is 3.02. The Morgan fingerprint density at radius 2 is 1.86 bits per heavy atom. The molecular formula is C24H30ClN3O. The van der Waals surface area contributed by atoms with E-state index in [1.807, 2.05) is 26.8 Å². The fourth-order valence-electron chi connectivity index (χ4n) is 3.02. The molecule has 0 aliphatic rings. The van der Waals surface area contributed by atoms with Gasteiger partial charge in [-0.05, 0) is 57.2 Å². The molecular weight excluding hydrogens is 382 g/mol. The molecule has 154 valence electrons. The fraction of sp³-hybridized carbons (Fsp3) is 0.375. The minimum absolute atomic E-state index is 0.468. The molecule has 0 bridgehead atoms. The van der Waals surface area contributed by atoms with E-state index >= 15 is 0 Å². The third kappa shape index (κ3) is 6.82. The zero-order chi connectivity index (χ0) is 21.4. The second kappa shape index (κ2) is 10.9. The summed E-state index contributed by atoms with van der Waals surface area (Å²) in [6, 6.07) is 12.7. The van der Waals surface area contributed by atoms with Gasteiger partial charge in [-0.1, -0.05) is 67.4 Å². The molecule has 0 fully saturated rings. The maximum absolute atomic E-state index is 5.76. The van der Waals surface area contributed by atoms with Gasteiger partial charge in [0.25, 0.3) is 0 Å². The van der Waals surface area contributed by atoms with Crippen LogP contribution in [0.5, 0.6) is 0 Å². The van der Waals surface area contributed by atoms with E-state index in [1.54, 1.807) is 13.1 Å². The molecule has 0 aliphatic heterocycles. The third-order valence-corrected chi connectivity index (χ3v) is 4.84. The van der Waals surface area contributed by atoms with Gasteiger partial charge in [0, 0.05) is 17.3 Å². The second-order valence-corrected chi connectivity index (χ2v) is 7.92. The summed E-state index contributed by atoms with van der Waals surface area (Å²) in [5.74, 6) is 2.24. The number of halogens is 1. The number of hydrogen-bond acceptors (Lipinski definition) is 4. The van der Waals surface area contributed by atoms with Gasteiger partial charge < -0.3 is 4.52 Å². The molecule has 2 aromatic heterocycles. The van der Waals surface area contributed by atoms with Gasteiger partial charge in [-0.3, -0.25) is 0 Å². The highest BCUT2D eigenvalue weighted by molar-refractivity contribution is 6.65. The largest absolute Gasteiger partial charge is 0.361 e. The number of nitrogens with zero attached hydrogens (tertiary/aromatic N) is 3. The van der Waals surface area contributed by atoms with Crippen LogP contribution in [-0.2, 0) is 6.42 Å². The van der Waals surface area contributed by atoms with E-state index in [0.717, 1.165) is 34.1 Å². The van der Waals surface area contributed by atoms with E-state index in [0.29, 0.717) is 11.0 Å². The average molecular weight is 412 g/mol. The first kappa shape index (κ1) is 22.8. The molecule has 1 aromatic carbocycles. The second-order valence-electron chi connectivity index (χ2n) is 7.38. The van der Waals surface area contributed by atoms with Gasteiger partial charge in [0.05, 0.1) is 5.69 Å². The van der Waals surface area contributed by atoms with Crippen LogP contribution in [0.1, 0.15) is 49.8 Å². The minimum atomic E-state index is 0.468. The Bertz CT molecular complexity index is 925. The molecule has 0 spiro atoms. The summed E-state index contributed by atoms with van der Waals surface area (Å²) in [6.45, 7) is 12.0. The first-order chi connectivity index (χ1) is 13.8. The number of benzene rings is 1. The number of hydrogen-bond donors (Lipinski definition) is 0. The van der Waals surface area contributed by atoms with Crippen molar-refractivity contribution in [1.29, 1.82) is 0 Å². The smallest absolute Gasteiger partial charge is 0.156 e. The lowest BCUT2D eigenvalue weighted by Crippen LogP contribution is -1.96. The lowest BCUT2D eigenvalue weighted by molar-refractivity contribution is 0.393. The van der Waals surface area contributed by atoms with Crippen LogP contribution in [-0.4, -0.2) is 15.3 Å². The molecule has 4 nitrogen and oxygen atoms in total. The normalized spacial score (nSPS) is 12.3. The Morgan fingerprint density at radius 3 is 2.38 bits per heavy atom. The Hall–Kier alpha value is -2.46. The highest BCUT2D eigenvalue weighted by Crippen LogP contribution is 2.29. The predicted molar refractivity (Wildman–Crippen MR) is 122 cm³/mol. The molecule has 0 aliphatic carbocycles. The number of aryl methyl sites for hydroxylation is 3. The quantitative estimate of drug-likeness (QED) is 0.416. The van der Waals surface area contributed by atoms with E-state index in [1.165, 1.54) is 18.4 Å². The van der Waals surface area contributed by atoms with Crippen LogP contribution in [0.4, 0.5) is 5.82 Å². The molecule has 3 rings (SSSR count). The maximum Gasteiger partial charge on any atom is 0.156 e. The van der Waals surface area contributed by atoms with Crippen molar-refractivity contribution >= 4 is 22.6 Å². The standard InChI is InChI=1S/C13H14ClN3O.C11H16/c1-7-5-11(6-15-13(7)16-10(4)14)12-8(2)17-18-9(12)3;1-3-10(2)9-11-7-5-4-6-8-11/h5-6H,1-4H3;4-8,10H,3,9H2,1-2H3/t;10-/m.1/s1. The highest BCUT2D eigenvalue weighted by atomic mass is 35.5. The lowest BCUT2D eigenvalue weighted by atomic mass is 9.99.